The van der Waals surface area contributed by atoms with Crippen molar-refractivity contribution in [3.8, 4) is 0 Å². The van der Waals surface area contributed by atoms with E-state index in [2.05, 4.69) is 36.3 Å². The fourth-order valence-electron chi connectivity index (χ4n) is 2.64. The van der Waals surface area contributed by atoms with Crippen molar-refractivity contribution in [2.45, 2.75) is 32.1 Å². The Morgan fingerprint density at radius 1 is 1.35 bits per heavy atom. The number of thiophene rings is 1. The minimum absolute atomic E-state index is 0.285. The summed E-state index contributed by atoms with van der Waals surface area (Å²) in [6.45, 7) is 5.24. The summed E-state index contributed by atoms with van der Waals surface area (Å²) in [5, 5.41) is 3.62. The van der Waals surface area contributed by atoms with Crippen LogP contribution in [-0.4, -0.2) is 17.3 Å². The van der Waals surface area contributed by atoms with Crippen LogP contribution in [0.5, 0.6) is 0 Å². The number of nitrogens with one attached hydrogen (secondary N) is 1. The molecule has 1 aliphatic rings. The van der Waals surface area contributed by atoms with E-state index in [1.165, 1.54) is 33.9 Å². The van der Waals surface area contributed by atoms with Crippen LogP contribution in [0.3, 0.4) is 0 Å². The zero-order chi connectivity index (χ0) is 13.9. The molecule has 0 spiro atoms. The first kappa shape index (κ1) is 14.1. The van der Waals surface area contributed by atoms with Gasteiger partial charge in [0.1, 0.15) is 0 Å². The number of aromatic nitrogens is 1. The molecule has 0 aliphatic carbocycles. The number of hydrogen-bond donors (Lipinski definition) is 1. The van der Waals surface area contributed by atoms with Gasteiger partial charge in [0.25, 0.3) is 0 Å². The van der Waals surface area contributed by atoms with E-state index in [0.29, 0.717) is 0 Å². The first-order chi connectivity index (χ1) is 9.78. The molecule has 0 aromatic carbocycles. The van der Waals surface area contributed by atoms with Gasteiger partial charge in [0.05, 0.1) is 6.04 Å². The summed E-state index contributed by atoms with van der Waals surface area (Å²) in [6, 6.07) is 4.93. The van der Waals surface area contributed by atoms with Crippen molar-refractivity contribution < 1.29 is 0 Å². The van der Waals surface area contributed by atoms with Gasteiger partial charge in [-0.2, -0.15) is 11.8 Å². The van der Waals surface area contributed by atoms with E-state index in [0.717, 1.165) is 6.54 Å². The predicted octanol–water partition coefficient (Wildman–Crippen LogP) is 3.94. The first-order valence-corrected chi connectivity index (χ1v) is 9.09. The average Bonchev–Trinajstić information content (AvgIpc) is 2.88. The number of thioether (sulfide) groups is 1. The molecule has 4 heteroatoms. The van der Waals surface area contributed by atoms with Gasteiger partial charge in [0, 0.05) is 27.9 Å². The molecule has 1 aliphatic heterocycles. The second kappa shape index (κ2) is 6.29. The lowest BCUT2D eigenvalue weighted by Gasteiger charge is -2.17. The third-order valence-corrected chi connectivity index (χ3v) is 5.88. The maximum Gasteiger partial charge on any atom is 0.0686 e. The van der Waals surface area contributed by atoms with E-state index in [9.17, 15) is 0 Å². The number of aryl methyl sites for hydroxylation is 2. The molecule has 0 amide bonds. The fourth-order valence-corrected chi connectivity index (χ4v) is 5.12. The van der Waals surface area contributed by atoms with Crippen LogP contribution in [0.2, 0.25) is 0 Å². The normalized spacial score (nSPS) is 15.9. The van der Waals surface area contributed by atoms with Crippen LogP contribution in [0.25, 0.3) is 0 Å². The zero-order valence-electron chi connectivity index (χ0n) is 12.0. The Kier molecular flexibility index (Phi) is 4.44. The van der Waals surface area contributed by atoms with Crippen molar-refractivity contribution in [2.75, 3.05) is 12.3 Å². The number of nitrogens with zero attached hydrogens (tertiary/aromatic N) is 1. The minimum atomic E-state index is 0.285. The molecule has 1 unspecified atom stereocenters. The van der Waals surface area contributed by atoms with E-state index in [1.807, 2.05) is 35.5 Å². The van der Waals surface area contributed by atoms with E-state index in [1.54, 1.807) is 10.4 Å². The van der Waals surface area contributed by atoms with E-state index in [4.69, 9.17) is 0 Å². The molecule has 0 bridgehead atoms. The standard InChI is InChI=1S/C16H20N2S2/c1-3-18-16(12-6-11(2)8-17-9-12)15-7-13-10-19-5-4-14(13)20-15/h6-9,16,18H,3-5,10H2,1-2H3. The second-order valence-corrected chi connectivity index (χ2v) is 7.46. The third-order valence-electron chi connectivity index (χ3n) is 3.57. The lowest BCUT2D eigenvalue weighted by molar-refractivity contribution is 0.637. The Morgan fingerprint density at radius 2 is 2.25 bits per heavy atom. The van der Waals surface area contributed by atoms with Crippen LogP contribution in [0.1, 0.15) is 39.4 Å². The molecule has 0 radical (unpaired) electrons. The monoisotopic (exact) mass is 304 g/mol. The highest BCUT2D eigenvalue weighted by Crippen LogP contribution is 2.36. The van der Waals surface area contributed by atoms with Gasteiger partial charge in [-0.1, -0.05) is 13.0 Å². The maximum atomic E-state index is 4.36. The fraction of sp³-hybridized carbons (Fsp3) is 0.438. The quantitative estimate of drug-likeness (QED) is 0.926. The molecule has 1 N–H and O–H groups in total. The summed E-state index contributed by atoms with van der Waals surface area (Å²) in [4.78, 5) is 7.38. The highest BCUT2D eigenvalue weighted by Gasteiger charge is 2.20. The molecule has 2 aromatic rings. The van der Waals surface area contributed by atoms with Gasteiger partial charge < -0.3 is 5.32 Å². The lowest BCUT2D eigenvalue weighted by Crippen LogP contribution is -2.21. The van der Waals surface area contributed by atoms with Crippen molar-refractivity contribution in [1.82, 2.24) is 10.3 Å². The summed E-state index contributed by atoms with van der Waals surface area (Å²) in [5.41, 5.74) is 4.05. The van der Waals surface area contributed by atoms with E-state index < -0.39 is 0 Å². The Bertz CT molecular complexity index is 568. The lowest BCUT2D eigenvalue weighted by atomic mass is 10.0. The molecule has 0 fully saturated rings. The van der Waals surface area contributed by atoms with Gasteiger partial charge in [0.15, 0.2) is 0 Å². The molecular weight excluding hydrogens is 284 g/mol. The number of pyridine rings is 1. The van der Waals surface area contributed by atoms with Crippen LogP contribution >= 0.6 is 23.1 Å². The van der Waals surface area contributed by atoms with Crippen LogP contribution in [0.4, 0.5) is 0 Å². The van der Waals surface area contributed by atoms with E-state index >= 15 is 0 Å². The highest BCUT2D eigenvalue weighted by molar-refractivity contribution is 7.98. The number of fused-ring (bicyclic) bond motifs is 1. The molecule has 0 saturated heterocycles. The van der Waals surface area contributed by atoms with E-state index in [-0.39, 0.29) is 6.04 Å². The zero-order valence-corrected chi connectivity index (χ0v) is 13.6. The Hall–Kier alpha value is -0.840. The van der Waals surface area contributed by atoms with Crippen molar-refractivity contribution >= 4 is 23.1 Å². The van der Waals surface area contributed by atoms with Crippen LogP contribution in [-0.2, 0) is 12.2 Å². The molecule has 106 valence electrons. The van der Waals surface area contributed by atoms with Crippen LogP contribution in [0, 0.1) is 6.92 Å². The average molecular weight is 304 g/mol. The molecule has 0 saturated carbocycles. The molecule has 3 heterocycles. The molecule has 3 rings (SSSR count). The second-order valence-electron chi connectivity index (χ2n) is 5.19. The Balaban J connectivity index is 1.95. The summed E-state index contributed by atoms with van der Waals surface area (Å²) >= 11 is 4.03. The Morgan fingerprint density at radius 3 is 3.00 bits per heavy atom. The molecule has 1 atom stereocenters. The van der Waals surface area contributed by atoms with Crippen LogP contribution in [0.15, 0.2) is 24.5 Å². The summed E-state index contributed by atoms with van der Waals surface area (Å²) < 4.78 is 0. The smallest absolute Gasteiger partial charge is 0.0686 e. The van der Waals surface area contributed by atoms with Gasteiger partial charge in [-0.15, -0.1) is 11.3 Å². The molecule has 20 heavy (non-hydrogen) atoms. The van der Waals surface area contributed by atoms with Gasteiger partial charge in [-0.05, 0) is 48.4 Å². The van der Waals surface area contributed by atoms with Crippen molar-refractivity contribution in [1.29, 1.82) is 0 Å². The van der Waals surface area contributed by atoms with Crippen molar-refractivity contribution in [2.24, 2.45) is 0 Å². The van der Waals surface area contributed by atoms with Gasteiger partial charge in [0.2, 0.25) is 0 Å². The predicted molar refractivity (Wildman–Crippen MR) is 88.7 cm³/mol. The molecular formula is C16H20N2S2. The maximum absolute atomic E-state index is 4.36. The SMILES string of the molecule is CCNC(c1cncc(C)c1)c1cc2c(s1)CCSC2. The summed E-state index contributed by atoms with van der Waals surface area (Å²) in [5.74, 6) is 2.45. The highest BCUT2D eigenvalue weighted by atomic mass is 32.2. The first-order valence-electron chi connectivity index (χ1n) is 7.12. The molecule has 2 nitrogen and oxygen atoms in total. The van der Waals surface area contributed by atoms with Gasteiger partial charge in [-0.25, -0.2) is 0 Å². The van der Waals surface area contributed by atoms with Gasteiger partial charge in [-0.3, -0.25) is 4.98 Å². The third kappa shape index (κ3) is 2.92. The topological polar surface area (TPSA) is 24.9 Å². The summed E-state index contributed by atoms with van der Waals surface area (Å²) in [6.07, 6.45) is 5.14. The largest absolute Gasteiger partial charge is 0.306 e. The number of rotatable bonds is 4. The van der Waals surface area contributed by atoms with Crippen molar-refractivity contribution in [3.63, 3.8) is 0 Å². The number of hydrogen-bond acceptors (Lipinski definition) is 4. The Labute approximate surface area is 129 Å². The minimum Gasteiger partial charge on any atom is -0.306 e. The molecule has 2 aromatic heterocycles. The summed E-state index contributed by atoms with van der Waals surface area (Å²) in [7, 11) is 0. The van der Waals surface area contributed by atoms with Crippen molar-refractivity contribution in [3.05, 3.63) is 51.0 Å². The van der Waals surface area contributed by atoms with Crippen LogP contribution < -0.4 is 5.32 Å². The van der Waals surface area contributed by atoms with Gasteiger partial charge >= 0.3 is 0 Å².